The molecule has 2 aliphatic rings. The molecule has 2 N–H and O–H groups in total. The van der Waals surface area contributed by atoms with Crippen LogP contribution in [0.25, 0.3) is 0 Å². The Labute approximate surface area is 80.1 Å². The van der Waals surface area contributed by atoms with Gasteiger partial charge in [0.05, 0.1) is 5.60 Å². The lowest BCUT2D eigenvalue weighted by Crippen LogP contribution is -2.54. The van der Waals surface area contributed by atoms with Gasteiger partial charge in [-0.2, -0.15) is 0 Å². The first-order valence-electron chi connectivity index (χ1n) is 5.34. The second kappa shape index (κ2) is 3.56. The standard InChI is InChI=1S/C10H20N2O/c1-10(13)3-4-11-7-9(10)8-12-5-2-6-12/h9,11,13H,2-8H2,1H3. The zero-order chi connectivity index (χ0) is 9.31. The van der Waals surface area contributed by atoms with Crippen molar-refractivity contribution in [2.24, 2.45) is 5.92 Å². The van der Waals surface area contributed by atoms with Crippen molar-refractivity contribution in [3.8, 4) is 0 Å². The summed E-state index contributed by atoms with van der Waals surface area (Å²) in [6.07, 6.45) is 2.23. The van der Waals surface area contributed by atoms with Crippen molar-refractivity contribution < 1.29 is 5.11 Å². The zero-order valence-corrected chi connectivity index (χ0v) is 8.42. The molecule has 2 saturated heterocycles. The van der Waals surface area contributed by atoms with Gasteiger partial charge in [-0.1, -0.05) is 0 Å². The van der Waals surface area contributed by atoms with E-state index in [1.165, 1.54) is 19.5 Å². The molecule has 0 bridgehead atoms. The van der Waals surface area contributed by atoms with Crippen LogP contribution in [0.1, 0.15) is 19.8 Å². The summed E-state index contributed by atoms with van der Waals surface area (Å²) in [5.74, 6) is 0.418. The third kappa shape index (κ3) is 2.03. The van der Waals surface area contributed by atoms with E-state index in [4.69, 9.17) is 0 Å². The van der Waals surface area contributed by atoms with Gasteiger partial charge in [0.25, 0.3) is 0 Å². The molecule has 2 unspecified atom stereocenters. The van der Waals surface area contributed by atoms with E-state index in [9.17, 15) is 5.11 Å². The minimum Gasteiger partial charge on any atom is -0.390 e. The van der Waals surface area contributed by atoms with Gasteiger partial charge in [0.15, 0.2) is 0 Å². The van der Waals surface area contributed by atoms with E-state index in [1.54, 1.807) is 0 Å². The van der Waals surface area contributed by atoms with Crippen LogP contribution >= 0.6 is 0 Å². The maximum Gasteiger partial charge on any atom is 0.0684 e. The van der Waals surface area contributed by atoms with E-state index in [1.807, 2.05) is 6.92 Å². The first-order valence-corrected chi connectivity index (χ1v) is 5.34. The minimum atomic E-state index is -0.444. The third-order valence-corrected chi connectivity index (χ3v) is 3.51. The molecule has 0 radical (unpaired) electrons. The van der Waals surface area contributed by atoms with E-state index in [2.05, 4.69) is 10.2 Å². The second-order valence-corrected chi connectivity index (χ2v) is 4.66. The molecular weight excluding hydrogens is 164 g/mol. The van der Waals surface area contributed by atoms with Gasteiger partial charge in [-0.05, 0) is 39.4 Å². The first kappa shape index (κ1) is 9.44. The van der Waals surface area contributed by atoms with E-state index in [-0.39, 0.29) is 0 Å². The lowest BCUT2D eigenvalue weighted by atomic mass is 9.82. The quantitative estimate of drug-likeness (QED) is 0.636. The average molecular weight is 184 g/mol. The molecule has 0 amide bonds. The summed E-state index contributed by atoms with van der Waals surface area (Å²) in [6, 6.07) is 0. The SMILES string of the molecule is CC1(O)CCNCC1CN1CCC1. The van der Waals surface area contributed by atoms with Crippen molar-refractivity contribution in [2.75, 3.05) is 32.7 Å². The van der Waals surface area contributed by atoms with Crippen LogP contribution in [0.4, 0.5) is 0 Å². The Bertz CT molecular complexity index is 178. The zero-order valence-electron chi connectivity index (χ0n) is 8.42. The van der Waals surface area contributed by atoms with Gasteiger partial charge < -0.3 is 15.3 Å². The van der Waals surface area contributed by atoms with Crippen LogP contribution in [0.5, 0.6) is 0 Å². The maximum atomic E-state index is 10.1. The molecule has 0 aromatic heterocycles. The Hall–Kier alpha value is -0.120. The van der Waals surface area contributed by atoms with Gasteiger partial charge in [-0.15, -0.1) is 0 Å². The summed E-state index contributed by atoms with van der Waals surface area (Å²) >= 11 is 0. The molecule has 2 fully saturated rings. The van der Waals surface area contributed by atoms with Crippen LogP contribution in [-0.4, -0.2) is 48.3 Å². The van der Waals surface area contributed by atoms with Gasteiger partial charge in [0.1, 0.15) is 0 Å². The normalized spacial score (nSPS) is 41.5. The summed E-state index contributed by atoms with van der Waals surface area (Å²) in [5, 5.41) is 13.5. The number of hydrogen-bond donors (Lipinski definition) is 2. The lowest BCUT2D eigenvalue weighted by molar-refractivity contribution is -0.0428. The molecule has 3 nitrogen and oxygen atoms in total. The van der Waals surface area contributed by atoms with E-state index < -0.39 is 5.60 Å². The average Bonchev–Trinajstić information content (AvgIpc) is 1.98. The second-order valence-electron chi connectivity index (χ2n) is 4.66. The smallest absolute Gasteiger partial charge is 0.0684 e. The van der Waals surface area contributed by atoms with Gasteiger partial charge >= 0.3 is 0 Å². The van der Waals surface area contributed by atoms with Gasteiger partial charge in [0.2, 0.25) is 0 Å². The molecule has 2 aliphatic heterocycles. The van der Waals surface area contributed by atoms with Crippen LogP contribution in [0, 0.1) is 5.92 Å². The number of rotatable bonds is 2. The molecule has 0 spiro atoms. The lowest BCUT2D eigenvalue weighted by Gasteiger charge is -2.42. The topological polar surface area (TPSA) is 35.5 Å². The highest BCUT2D eigenvalue weighted by Crippen LogP contribution is 2.25. The number of likely N-dealkylation sites (tertiary alicyclic amines) is 1. The Kier molecular flexibility index (Phi) is 2.58. The first-order chi connectivity index (χ1) is 6.18. The number of aliphatic hydroxyl groups is 1. The van der Waals surface area contributed by atoms with Gasteiger partial charge in [0, 0.05) is 19.0 Å². The molecule has 76 valence electrons. The summed E-state index contributed by atoms with van der Waals surface area (Å²) in [4.78, 5) is 2.44. The van der Waals surface area contributed by atoms with Crippen LogP contribution in [0.2, 0.25) is 0 Å². The summed E-state index contributed by atoms with van der Waals surface area (Å²) < 4.78 is 0. The van der Waals surface area contributed by atoms with Crippen LogP contribution in [0.3, 0.4) is 0 Å². The minimum absolute atomic E-state index is 0.418. The van der Waals surface area contributed by atoms with Crippen molar-refractivity contribution >= 4 is 0 Å². The summed E-state index contributed by atoms with van der Waals surface area (Å²) in [7, 11) is 0. The van der Waals surface area contributed by atoms with Gasteiger partial charge in [-0.25, -0.2) is 0 Å². The highest BCUT2D eigenvalue weighted by Gasteiger charge is 2.35. The van der Waals surface area contributed by atoms with Crippen molar-refractivity contribution in [1.29, 1.82) is 0 Å². The Morgan fingerprint density at radius 3 is 2.85 bits per heavy atom. The Balaban J connectivity index is 1.87. The van der Waals surface area contributed by atoms with E-state index >= 15 is 0 Å². The van der Waals surface area contributed by atoms with Crippen molar-refractivity contribution in [3.05, 3.63) is 0 Å². The molecular formula is C10H20N2O. The molecule has 2 rings (SSSR count). The molecule has 2 heterocycles. The maximum absolute atomic E-state index is 10.1. The molecule has 2 atom stereocenters. The van der Waals surface area contributed by atoms with Crippen LogP contribution in [0.15, 0.2) is 0 Å². The fourth-order valence-electron chi connectivity index (χ4n) is 2.18. The summed E-state index contributed by atoms with van der Waals surface area (Å²) in [6.45, 7) is 7.45. The highest BCUT2D eigenvalue weighted by atomic mass is 16.3. The van der Waals surface area contributed by atoms with E-state index in [0.717, 1.165) is 26.1 Å². The third-order valence-electron chi connectivity index (χ3n) is 3.51. The molecule has 13 heavy (non-hydrogen) atoms. The molecule has 0 saturated carbocycles. The van der Waals surface area contributed by atoms with Crippen LogP contribution < -0.4 is 5.32 Å². The monoisotopic (exact) mass is 184 g/mol. The summed E-state index contributed by atoms with van der Waals surface area (Å²) in [5.41, 5.74) is -0.444. The highest BCUT2D eigenvalue weighted by molar-refractivity contribution is 4.91. The van der Waals surface area contributed by atoms with E-state index in [0.29, 0.717) is 5.92 Å². The Morgan fingerprint density at radius 2 is 2.31 bits per heavy atom. The Morgan fingerprint density at radius 1 is 1.54 bits per heavy atom. The molecule has 0 aromatic carbocycles. The van der Waals surface area contributed by atoms with Gasteiger partial charge in [-0.3, -0.25) is 0 Å². The predicted octanol–water partition coefficient (Wildman–Crippen LogP) is 0.0526. The molecule has 3 heteroatoms. The fourth-order valence-corrected chi connectivity index (χ4v) is 2.18. The van der Waals surface area contributed by atoms with Crippen molar-refractivity contribution in [2.45, 2.75) is 25.4 Å². The number of nitrogens with one attached hydrogen (secondary N) is 1. The molecule has 0 aromatic rings. The predicted molar refractivity (Wildman–Crippen MR) is 52.7 cm³/mol. The number of hydrogen-bond acceptors (Lipinski definition) is 3. The van der Waals surface area contributed by atoms with Crippen LogP contribution in [-0.2, 0) is 0 Å². The fraction of sp³-hybridized carbons (Fsp3) is 1.00. The van der Waals surface area contributed by atoms with Crippen molar-refractivity contribution in [3.63, 3.8) is 0 Å². The van der Waals surface area contributed by atoms with Crippen molar-refractivity contribution in [1.82, 2.24) is 10.2 Å². The largest absolute Gasteiger partial charge is 0.390 e. The molecule has 0 aliphatic carbocycles. The number of nitrogens with zero attached hydrogens (tertiary/aromatic N) is 1. The number of piperidine rings is 1.